The first-order valence-electron chi connectivity index (χ1n) is 6.66. The zero-order valence-corrected chi connectivity index (χ0v) is 14.9. The monoisotopic (exact) mass is 411 g/mol. The lowest BCUT2D eigenvalue weighted by Crippen LogP contribution is -2.15. The summed E-state index contributed by atoms with van der Waals surface area (Å²) in [7, 11) is 0. The molecule has 0 saturated heterocycles. The van der Waals surface area contributed by atoms with Crippen molar-refractivity contribution < 1.29 is 0 Å². The highest BCUT2D eigenvalue weighted by Crippen LogP contribution is 2.32. The number of hydrogen-bond acceptors (Lipinski definition) is 2. The normalized spacial score (nSPS) is 14.5. The Kier molecular flexibility index (Phi) is 4.87. The smallest absolute Gasteiger partial charge is 0.0231 e. The van der Waals surface area contributed by atoms with Gasteiger partial charge in [0, 0.05) is 31.3 Å². The van der Waals surface area contributed by atoms with Gasteiger partial charge < -0.3 is 5.32 Å². The van der Waals surface area contributed by atoms with Crippen molar-refractivity contribution in [2.75, 3.05) is 0 Å². The standard InChI is InChI=1S/C16H15Br2NS/c17-12-2-7-14(8-3-12)20-15-6-1-11(16(18)9-15)10-19-13-4-5-13/h1-3,6-9,13,19H,4-5,10H2. The maximum absolute atomic E-state index is 3.68. The van der Waals surface area contributed by atoms with Crippen molar-refractivity contribution in [2.45, 2.75) is 35.2 Å². The number of halogens is 2. The Morgan fingerprint density at radius 3 is 2.35 bits per heavy atom. The van der Waals surface area contributed by atoms with Gasteiger partial charge in [-0.15, -0.1) is 0 Å². The van der Waals surface area contributed by atoms with Crippen LogP contribution in [0.3, 0.4) is 0 Å². The summed E-state index contributed by atoms with van der Waals surface area (Å²) in [5, 5.41) is 3.55. The van der Waals surface area contributed by atoms with Crippen LogP contribution in [0.15, 0.2) is 61.2 Å². The zero-order chi connectivity index (χ0) is 13.9. The van der Waals surface area contributed by atoms with Gasteiger partial charge in [0.15, 0.2) is 0 Å². The highest BCUT2D eigenvalue weighted by molar-refractivity contribution is 9.10. The van der Waals surface area contributed by atoms with Crippen molar-refractivity contribution in [3.63, 3.8) is 0 Å². The van der Waals surface area contributed by atoms with Gasteiger partial charge in [-0.1, -0.05) is 49.7 Å². The Morgan fingerprint density at radius 2 is 1.70 bits per heavy atom. The minimum absolute atomic E-state index is 0.749. The van der Waals surface area contributed by atoms with Gasteiger partial charge in [-0.05, 0) is 54.8 Å². The second kappa shape index (κ2) is 6.65. The van der Waals surface area contributed by atoms with E-state index in [1.807, 2.05) is 0 Å². The predicted octanol–water partition coefficient (Wildman–Crippen LogP) is 5.61. The van der Waals surface area contributed by atoms with E-state index >= 15 is 0 Å². The van der Waals surface area contributed by atoms with Crippen LogP contribution in [0, 0.1) is 0 Å². The second-order valence-corrected chi connectivity index (χ2v) is 7.88. The van der Waals surface area contributed by atoms with E-state index < -0.39 is 0 Å². The minimum Gasteiger partial charge on any atom is -0.310 e. The van der Waals surface area contributed by atoms with Gasteiger partial charge in [0.05, 0.1) is 0 Å². The van der Waals surface area contributed by atoms with E-state index in [0.717, 1.165) is 17.1 Å². The maximum atomic E-state index is 3.68. The molecule has 0 bridgehead atoms. The Bertz CT molecular complexity index is 594. The molecule has 0 unspecified atom stereocenters. The molecule has 1 nitrogen and oxygen atoms in total. The third kappa shape index (κ3) is 4.10. The van der Waals surface area contributed by atoms with Crippen molar-refractivity contribution in [1.82, 2.24) is 5.32 Å². The second-order valence-electron chi connectivity index (χ2n) is 4.96. The first-order chi connectivity index (χ1) is 9.70. The van der Waals surface area contributed by atoms with E-state index in [0.29, 0.717) is 0 Å². The van der Waals surface area contributed by atoms with E-state index in [2.05, 4.69) is 79.6 Å². The molecule has 0 radical (unpaired) electrons. The van der Waals surface area contributed by atoms with Gasteiger partial charge in [0.25, 0.3) is 0 Å². The van der Waals surface area contributed by atoms with Crippen LogP contribution in [0.25, 0.3) is 0 Å². The van der Waals surface area contributed by atoms with E-state index in [-0.39, 0.29) is 0 Å². The molecule has 20 heavy (non-hydrogen) atoms. The fraction of sp³-hybridized carbons (Fsp3) is 0.250. The summed E-state index contributed by atoms with van der Waals surface area (Å²) < 4.78 is 2.30. The third-order valence-corrected chi connectivity index (χ3v) is 5.50. The summed E-state index contributed by atoms with van der Waals surface area (Å²) >= 11 is 8.93. The first kappa shape index (κ1) is 14.6. The van der Waals surface area contributed by atoms with Crippen LogP contribution in [-0.4, -0.2) is 6.04 Å². The van der Waals surface area contributed by atoms with Crippen molar-refractivity contribution in [2.24, 2.45) is 0 Å². The summed E-state index contributed by atoms with van der Waals surface area (Å²) in [6.07, 6.45) is 2.66. The highest BCUT2D eigenvalue weighted by atomic mass is 79.9. The van der Waals surface area contributed by atoms with Crippen LogP contribution in [0.5, 0.6) is 0 Å². The van der Waals surface area contributed by atoms with Crippen LogP contribution >= 0.6 is 43.6 Å². The number of rotatable bonds is 5. The van der Waals surface area contributed by atoms with Gasteiger partial charge in [-0.3, -0.25) is 0 Å². The van der Waals surface area contributed by atoms with E-state index in [4.69, 9.17) is 0 Å². The third-order valence-electron chi connectivity index (χ3n) is 3.23. The molecular weight excluding hydrogens is 398 g/mol. The van der Waals surface area contributed by atoms with Gasteiger partial charge in [-0.2, -0.15) is 0 Å². The fourth-order valence-electron chi connectivity index (χ4n) is 1.92. The van der Waals surface area contributed by atoms with E-state index in [1.165, 1.54) is 32.7 Å². The average molecular weight is 413 g/mol. The number of nitrogens with one attached hydrogen (secondary N) is 1. The lowest BCUT2D eigenvalue weighted by atomic mass is 10.2. The summed E-state index contributed by atoms with van der Waals surface area (Å²) in [6.45, 7) is 0.953. The molecule has 1 fully saturated rings. The van der Waals surface area contributed by atoms with E-state index in [1.54, 1.807) is 11.8 Å². The lowest BCUT2D eigenvalue weighted by molar-refractivity contribution is 0.685. The van der Waals surface area contributed by atoms with Crippen molar-refractivity contribution in [3.05, 3.63) is 57.0 Å². The first-order valence-corrected chi connectivity index (χ1v) is 9.06. The Hall–Kier alpha value is -0.290. The molecule has 1 N–H and O–H groups in total. The van der Waals surface area contributed by atoms with Gasteiger partial charge in [0.2, 0.25) is 0 Å². The fourth-order valence-corrected chi connectivity index (χ4v) is 3.71. The predicted molar refractivity (Wildman–Crippen MR) is 92.3 cm³/mol. The van der Waals surface area contributed by atoms with Crippen molar-refractivity contribution in [3.8, 4) is 0 Å². The Morgan fingerprint density at radius 1 is 1.00 bits per heavy atom. The van der Waals surface area contributed by atoms with Gasteiger partial charge >= 0.3 is 0 Å². The Balaban J connectivity index is 1.67. The van der Waals surface area contributed by atoms with Gasteiger partial charge in [-0.25, -0.2) is 0 Å². The van der Waals surface area contributed by atoms with Crippen LogP contribution in [0.2, 0.25) is 0 Å². The summed E-state index contributed by atoms with van der Waals surface area (Å²) in [4.78, 5) is 2.51. The molecular formula is C16H15Br2NS. The molecule has 1 saturated carbocycles. The molecule has 1 aliphatic rings. The number of hydrogen-bond donors (Lipinski definition) is 1. The van der Waals surface area contributed by atoms with Crippen LogP contribution < -0.4 is 5.32 Å². The van der Waals surface area contributed by atoms with Crippen LogP contribution in [0.1, 0.15) is 18.4 Å². The molecule has 0 atom stereocenters. The molecule has 4 heteroatoms. The topological polar surface area (TPSA) is 12.0 Å². The minimum atomic E-state index is 0.749. The van der Waals surface area contributed by atoms with Crippen molar-refractivity contribution in [1.29, 1.82) is 0 Å². The average Bonchev–Trinajstić information content (AvgIpc) is 3.25. The van der Waals surface area contributed by atoms with Crippen molar-refractivity contribution >= 4 is 43.6 Å². The SMILES string of the molecule is Brc1ccc(Sc2ccc(CNC3CC3)c(Br)c2)cc1. The molecule has 1 aliphatic carbocycles. The lowest BCUT2D eigenvalue weighted by Gasteiger charge is -2.08. The molecule has 104 valence electrons. The zero-order valence-electron chi connectivity index (χ0n) is 10.9. The Labute approximate surface area is 140 Å². The summed E-state index contributed by atoms with van der Waals surface area (Å²) in [5.74, 6) is 0. The van der Waals surface area contributed by atoms with Crippen LogP contribution in [0.4, 0.5) is 0 Å². The molecule has 0 aliphatic heterocycles. The molecule has 0 amide bonds. The highest BCUT2D eigenvalue weighted by Gasteiger charge is 2.20. The maximum Gasteiger partial charge on any atom is 0.0231 e. The quantitative estimate of drug-likeness (QED) is 0.684. The summed E-state index contributed by atoms with van der Waals surface area (Å²) in [6, 6.07) is 15.8. The van der Waals surface area contributed by atoms with Gasteiger partial charge in [0.1, 0.15) is 0 Å². The molecule has 2 aromatic carbocycles. The van der Waals surface area contributed by atoms with E-state index in [9.17, 15) is 0 Å². The number of benzene rings is 2. The van der Waals surface area contributed by atoms with Crippen LogP contribution in [-0.2, 0) is 6.54 Å². The summed E-state index contributed by atoms with van der Waals surface area (Å²) in [5.41, 5.74) is 1.33. The molecule has 0 aromatic heterocycles. The molecule has 2 aromatic rings. The molecule has 0 spiro atoms. The largest absolute Gasteiger partial charge is 0.310 e. The molecule has 0 heterocycles. The molecule has 3 rings (SSSR count).